The Balaban J connectivity index is 1.56. The molecule has 184 valence electrons. The predicted octanol–water partition coefficient (Wildman–Crippen LogP) is 6.87. The summed E-state index contributed by atoms with van der Waals surface area (Å²) in [5.41, 5.74) is 6.15. The van der Waals surface area contributed by atoms with E-state index in [1.165, 1.54) is 24.0 Å². The Morgan fingerprint density at radius 1 is 1.11 bits per heavy atom. The summed E-state index contributed by atoms with van der Waals surface area (Å²) in [6.45, 7) is 6.09. The summed E-state index contributed by atoms with van der Waals surface area (Å²) in [5, 5.41) is 12.1. The fraction of sp³-hybridized carbons (Fsp3) is 0.103. The van der Waals surface area contributed by atoms with Crippen LogP contribution in [0.2, 0.25) is 5.02 Å². The third-order valence-corrected chi connectivity index (χ3v) is 6.47. The number of halogens is 2. The first kappa shape index (κ1) is 24.3. The molecule has 0 bridgehead atoms. The van der Waals surface area contributed by atoms with Crippen LogP contribution in [0.15, 0.2) is 103 Å². The highest BCUT2D eigenvalue weighted by molar-refractivity contribution is 6.30. The second-order valence-electron chi connectivity index (χ2n) is 8.68. The summed E-state index contributed by atoms with van der Waals surface area (Å²) in [5.74, 6) is 0.415. The van der Waals surface area contributed by atoms with Gasteiger partial charge in [-0.1, -0.05) is 72.3 Å². The largest absolute Gasteiger partial charge is 0.341 e. The average molecular weight is 511 g/mol. The van der Waals surface area contributed by atoms with E-state index in [1.54, 1.807) is 22.9 Å². The number of hydrogen-bond acceptors (Lipinski definition) is 4. The molecule has 1 N–H and O–H groups in total. The van der Waals surface area contributed by atoms with Gasteiger partial charge in [-0.15, -0.1) is 5.10 Å². The minimum atomic E-state index is -0.309. The molecular weight excluding hydrogens is 487 g/mol. The molecule has 37 heavy (non-hydrogen) atoms. The lowest BCUT2D eigenvalue weighted by Crippen LogP contribution is -2.07. The molecular formula is C29H24ClFN6. The maximum atomic E-state index is 13.8. The van der Waals surface area contributed by atoms with Crippen LogP contribution in [0.1, 0.15) is 29.8 Å². The third-order valence-electron chi connectivity index (χ3n) is 6.24. The van der Waals surface area contributed by atoms with Crippen molar-refractivity contribution in [1.82, 2.24) is 30.2 Å². The van der Waals surface area contributed by atoms with E-state index in [-0.39, 0.29) is 11.7 Å². The molecule has 0 aliphatic heterocycles. The highest BCUT2D eigenvalue weighted by atomic mass is 35.5. The van der Waals surface area contributed by atoms with E-state index in [9.17, 15) is 4.39 Å². The van der Waals surface area contributed by atoms with Gasteiger partial charge < -0.3 is 4.98 Å². The van der Waals surface area contributed by atoms with E-state index in [1.807, 2.05) is 36.4 Å². The van der Waals surface area contributed by atoms with Gasteiger partial charge in [-0.3, -0.25) is 0 Å². The van der Waals surface area contributed by atoms with Gasteiger partial charge in [-0.25, -0.2) is 9.37 Å². The van der Waals surface area contributed by atoms with Gasteiger partial charge in [0.05, 0.1) is 16.7 Å². The molecule has 0 amide bonds. The molecule has 0 aliphatic rings. The van der Waals surface area contributed by atoms with Gasteiger partial charge in [0.25, 0.3) is 0 Å². The topological polar surface area (TPSA) is 72.3 Å². The van der Waals surface area contributed by atoms with Crippen molar-refractivity contribution >= 4 is 28.2 Å². The number of rotatable bonds is 8. The van der Waals surface area contributed by atoms with Gasteiger partial charge in [0, 0.05) is 22.6 Å². The quantitative estimate of drug-likeness (QED) is 0.231. The van der Waals surface area contributed by atoms with Crippen molar-refractivity contribution in [2.24, 2.45) is 0 Å². The Morgan fingerprint density at radius 3 is 2.70 bits per heavy atom. The van der Waals surface area contributed by atoms with Crippen LogP contribution in [-0.4, -0.2) is 30.2 Å². The maximum Gasteiger partial charge on any atom is 0.143 e. The summed E-state index contributed by atoms with van der Waals surface area (Å²) in [7, 11) is 0. The smallest absolute Gasteiger partial charge is 0.143 e. The zero-order valence-corrected chi connectivity index (χ0v) is 20.9. The third kappa shape index (κ3) is 5.42. The SMILES string of the molecule is C=C/C(=C\C=C(/C)C(Cc1ccccc1)c1nc2cc(F)ccc2[nH]1)c1cc(Cl)ccc1-n1cnnn1. The summed E-state index contributed by atoms with van der Waals surface area (Å²) in [6, 6.07) is 20.4. The van der Waals surface area contributed by atoms with Crippen LogP contribution in [0.4, 0.5) is 4.39 Å². The summed E-state index contributed by atoms with van der Waals surface area (Å²) >= 11 is 6.34. The first-order chi connectivity index (χ1) is 18.0. The lowest BCUT2D eigenvalue weighted by molar-refractivity contribution is 0.629. The van der Waals surface area contributed by atoms with Crippen molar-refractivity contribution in [1.29, 1.82) is 0 Å². The van der Waals surface area contributed by atoms with E-state index < -0.39 is 0 Å². The number of nitrogens with zero attached hydrogens (tertiary/aromatic N) is 5. The fourth-order valence-corrected chi connectivity index (χ4v) is 4.48. The minimum Gasteiger partial charge on any atom is -0.341 e. The maximum absolute atomic E-state index is 13.8. The lowest BCUT2D eigenvalue weighted by atomic mass is 9.91. The van der Waals surface area contributed by atoms with E-state index in [2.05, 4.69) is 52.2 Å². The van der Waals surface area contributed by atoms with E-state index in [0.717, 1.165) is 40.2 Å². The molecule has 8 heteroatoms. The molecule has 0 aliphatic carbocycles. The van der Waals surface area contributed by atoms with Crippen molar-refractivity contribution in [3.05, 3.63) is 131 Å². The molecule has 2 aromatic heterocycles. The number of tetrazole rings is 1. The van der Waals surface area contributed by atoms with Gasteiger partial charge in [0.1, 0.15) is 18.0 Å². The highest BCUT2D eigenvalue weighted by Crippen LogP contribution is 2.31. The zero-order valence-electron chi connectivity index (χ0n) is 20.1. The van der Waals surface area contributed by atoms with E-state index in [4.69, 9.17) is 16.6 Å². The number of allylic oxidation sites excluding steroid dienone is 5. The molecule has 3 aromatic carbocycles. The Labute approximate surface area is 218 Å². The Bertz CT molecular complexity index is 1600. The van der Waals surface area contributed by atoms with Gasteiger partial charge in [-0.05, 0) is 65.2 Å². The normalized spacial score (nSPS) is 13.2. The second-order valence-corrected chi connectivity index (χ2v) is 9.11. The summed E-state index contributed by atoms with van der Waals surface area (Å²) < 4.78 is 15.4. The Morgan fingerprint density at radius 2 is 1.95 bits per heavy atom. The molecule has 0 radical (unpaired) electrons. The standard InChI is InChI=1S/C29H24ClFN6/c1-3-21(25-16-22(30)11-14-28(25)37-18-32-35-36-37)10-9-19(2)24(15-20-7-5-4-6-8-20)29-33-26-13-12-23(31)17-27(26)34-29/h3-14,16-18,24H,1,15H2,2H3,(H,33,34)/b19-9+,21-10+. The van der Waals surface area contributed by atoms with Crippen LogP contribution in [-0.2, 0) is 6.42 Å². The minimum absolute atomic E-state index is 0.0569. The van der Waals surface area contributed by atoms with Crippen LogP contribution in [0.5, 0.6) is 0 Å². The monoisotopic (exact) mass is 510 g/mol. The Hall–Kier alpha value is -4.36. The number of hydrogen-bond donors (Lipinski definition) is 1. The molecule has 0 saturated carbocycles. The number of benzene rings is 3. The molecule has 6 nitrogen and oxygen atoms in total. The average Bonchev–Trinajstić information content (AvgIpc) is 3.58. The molecule has 2 heterocycles. The molecule has 5 rings (SSSR count). The number of H-pyrrole nitrogens is 1. The summed E-state index contributed by atoms with van der Waals surface area (Å²) in [6.07, 6.45) is 8.11. The number of imidazole rings is 1. The van der Waals surface area contributed by atoms with Gasteiger partial charge in [0.2, 0.25) is 0 Å². The van der Waals surface area contributed by atoms with Gasteiger partial charge in [0.15, 0.2) is 0 Å². The molecule has 1 atom stereocenters. The van der Waals surface area contributed by atoms with Crippen LogP contribution < -0.4 is 0 Å². The molecule has 0 saturated heterocycles. The molecule has 0 spiro atoms. The number of aromatic amines is 1. The first-order valence-corrected chi connectivity index (χ1v) is 12.1. The van der Waals surface area contributed by atoms with E-state index in [0.29, 0.717) is 10.5 Å². The van der Waals surface area contributed by atoms with Crippen LogP contribution in [0.25, 0.3) is 22.3 Å². The van der Waals surface area contributed by atoms with Gasteiger partial charge >= 0.3 is 0 Å². The molecule has 1 unspecified atom stereocenters. The highest BCUT2D eigenvalue weighted by Gasteiger charge is 2.19. The van der Waals surface area contributed by atoms with Crippen LogP contribution in [0.3, 0.4) is 0 Å². The van der Waals surface area contributed by atoms with Crippen molar-refractivity contribution in [2.45, 2.75) is 19.3 Å². The van der Waals surface area contributed by atoms with E-state index >= 15 is 0 Å². The number of nitrogens with one attached hydrogen (secondary N) is 1. The molecule has 5 aromatic rings. The number of fused-ring (bicyclic) bond motifs is 1. The summed E-state index contributed by atoms with van der Waals surface area (Å²) in [4.78, 5) is 8.13. The fourth-order valence-electron chi connectivity index (χ4n) is 4.30. The molecule has 0 fully saturated rings. The Kier molecular flexibility index (Phi) is 7.05. The van der Waals surface area contributed by atoms with Crippen LogP contribution in [0, 0.1) is 5.82 Å². The van der Waals surface area contributed by atoms with Crippen molar-refractivity contribution in [3.63, 3.8) is 0 Å². The second kappa shape index (κ2) is 10.7. The first-order valence-electron chi connectivity index (χ1n) is 11.7. The van der Waals surface area contributed by atoms with Crippen molar-refractivity contribution < 1.29 is 4.39 Å². The van der Waals surface area contributed by atoms with Crippen molar-refractivity contribution in [2.75, 3.05) is 0 Å². The predicted molar refractivity (Wildman–Crippen MR) is 145 cm³/mol. The van der Waals surface area contributed by atoms with Crippen LogP contribution >= 0.6 is 11.6 Å². The lowest BCUT2D eigenvalue weighted by Gasteiger charge is -2.16. The number of aromatic nitrogens is 6. The zero-order chi connectivity index (χ0) is 25.8. The van der Waals surface area contributed by atoms with Gasteiger partial charge in [-0.2, -0.15) is 4.68 Å². The van der Waals surface area contributed by atoms with Crippen molar-refractivity contribution in [3.8, 4) is 5.69 Å².